The monoisotopic (exact) mass is 382 g/mol. The largest absolute Gasteiger partial charge is 0.478 e. The van der Waals surface area contributed by atoms with Gasteiger partial charge in [0, 0.05) is 32.6 Å². The fourth-order valence-corrected chi connectivity index (χ4v) is 4.68. The predicted octanol–water partition coefficient (Wildman–Crippen LogP) is 1.90. The van der Waals surface area contributed by atoms with Crippen LogP contribution >= 0.6 is 0 Å². The lowest BCUT2D eigenvalue weighted by molar-refractivity contribution is -0.135. The van der Waals surface area contributed by atoms with Crippen LogP contribution in [0, 0.1) is 11.8 Å². The van der Waals surface area contributed by atoms with E-state index >= 15 is 0 Å². The molecule has 26 heavy (non-hydrogen) atoms. The molecule has 1 amide bonds. The lowest BCUT2D eigenvalue weighted by Gasteiger charge is -2.33. The van der Waals surface area contributed by atoms with Crippen LogP contribution in [0.3, 0.4) is 0 Å². The summed E-state index contributed by atoms with van der Waals surface area (Å²) in [6.07, 6.45) is 0.988. The van der Waals surface area contributed by atoms with Crippen LogP contribution < -0.4 is 0 Å². The number of benzene rings is 1. The summed E-state index contributed by atoms with van der Waals surface area (Å²) in [7, 11) is -1.89. The molecule has 1 aromatic rings. The Kier molecular flexibility index (Phi) is 6.41. The van der Waals surface area contributed by atoms with E-state index in [1.807, 2.05) is 0 Å². The molecule has 0 saturated carbocycles. The zero-order valence-corrected chi connectivity index (χ0v) is 16.2. The van der Waals surface area contributed by atoms with Gasteiger partial charge in [0.1, 0.15) is 0 Å². The lowest BCUT2D eigenvalue weighted by atomic mass is 9.96. The fraction of sp³-hybridized carbons (Fsp3) is 0.556. The molecule has 1 N–H and O–H groups in total. The lowest BCUT2D eigenvalue weighted by Crippen LogP contribution is -2.44. The van der Waals surface area contributed by atoms with Gasteiger partial charge in [0.05, 0.1) is 10.5 Å². The topological polar surface area (TPSA) is 95.0 Å². The van der Waals surface area contributed by atoms with Crippen LogP contribution in [0.25, 0.3) is 0 Å². The van der Waals surface area contributed by atoms with Crippen molar-refractivity contribution in [2.45, 2.75) is 31.6 Å². The van der Waals surface area contributed by atoms with E-state index in [9.17, 15) is 18.0 Å². The summed E-state index contributed by atoms with van der Waals surface area (Å²) in [5, 5.41) is 8.91. The Hall–Kier alpha value is -1.93. The van der Waals surface area contributed by atoms with Crippen molar-refractivity contribution < 1.29 is 23.1 Å². The Morgan fingerprint density at radius 2 is 1.73 bits per heavy atom. The molecule has 0 radical (unpaired) electrons. The molecular formula is C18H26N2O5S. The van der Waals surface area contributed by atoms with E-state index in [0.29, 0.717) is 25.3 Å². The number of carbonyl (C=O) groups excluding carboxylic acids is 1. The van der Waals surface area contributed by atoms with Gasteiger partial charge in [-0.25, -0.2) is 13.2 Å². The number of rotatable bonds is 6. The smallest absolute Gasteiger partial charge is 0.335 e. The highest BCUT2D eigenvalue weighted by molar-refractivity contribution is 7.89. The molecule has 8 heteroatoms. The number of nitrogens with zero attached hydrogens (tertiary/aromatic N) is 2. The van der Waals surface area contributed by atoms with Crippen molar-refractivity contribution >= 4 is 21.9 Å². The van der Waals surface area contributed by atoms with Gasteiger partial charge < -0.3 is 10.0 Å². The molecule has 0 bridgehead atoms. The van der Waals surface area contributed by atoms with Gasteiger partial charge in [0.2, 0.25) is 15.9 Å². The number of aromatic carboxylic acids is 1. The average Bonchev–Trinajstić information content (AvgIpc) is 2.60. The predicted molar refractivity (Wildman–Crippen MR) is 97.4 cm³/mol. The molecule has 0 unspecified atom stereocenters. The number of carboxylic acid groups (broad SMARTS) is 1. The highest BCUT2D eigenvalue weighted by Crippen LogP contribution is 2.25. The van der Waals surface area contributed by atoms with E-state index in [1.54, 1.807) is 11.9 Å². The summed E-state index contributed by atoms with van der Waals surface area (Å²) >= 11 is 0. The Labute approximate surface area is 154 Å². The first-order valence-electron chi connectivity index (χ1n) is 8.71. The molecule has 0 atom stereocenters. The summed E-state index contributed by atoms with van der Waals surface area (Å²) in [6, 6.07) is 5.19. The number of piperidine rings is 1. The third kappa shape index (κ3) is 4.62. The number of hydrogen-bond donors (Lipinski definition) is 1. The van der Waals surface area contributed by atoms with Gasteiger partial charge in [0.25, 0.3) is 0 Å². The van der Waals surface area contributed by atoms with Crippen LogP contribution in [0.15, 0.2) is 29.2 Å². The van der Waals surface area contributed by atoms with Crippen LogP contribution in [0.1, 0.15) is 37.0 Å². The number of amides is 1. The summed E-state index contributed by atoms with van der Waals surface area (Å²) in [5.41, 5.74) is 0.0430. The molecular weight excluding hydrogens is 356 g/mol. The zero-order chi connectivity index (χ0) is 19.5. The molecule has 1 aliphatic heterocycles. The van der Waals surface area contributed by atoms with E-state index in [-0.39, 0.29) is 35.4 Å². The fourth-order valence-electron chi connectivity index (χ4n) is 3.21. The molecule has 1 heterocycles. The van der Waals surface area contributed by atoms with Crippen LogP contribution in [0.4, 0.5) is 0 Å². The third-order valence-electron chi connectivity index (χ3n) is 4.56. The number of hydrogen-bond acceptors (Lipinski definition) is 4. The van der Waals surface area contributed by atoms with E-state index in [4.69, 9.17) is 5.11 Å². The Morgan fingerprint density at radius 1 is 1.19 bits per heavy atom. The second-order valence-corrected chi connectivity index (χ2v) is 9.06. The standard InChI is InChI=1S/C18H26N2O5S/c1-13(2)12-19(3)17(21)14-8-10-20(11-9-14)26(24,25)16-6-4-15(5-7-16)18(22)23/h4-7,13-14H,8-12H2,1-3H3,(H,22,23). The summed E-state index contributed by atoms with van der Waals surface area (Å²) in [5.74, 6) is -0.793. The molecule has 2 rings (SSSR count). The first-order valence-corrected chi connectivity index (χ1v) is 10.2. The van der Waals surface area contributed by atoms with E-state index in [0.717, 1.165) is 0 Å². The van der Waals surface area contributed by atoms with Crippen molar-refractivity contribution in [2.24, 2.45) is 11.8 Å². The van der Waals surface area contributed by atoms with Gasteiger partial charge in [-0.15, -0.1) is 0 Å². The van der Waals surface area contributed by atoms with Gasteiger partial charge in [0.15, 0.2) is 0 Å². The molecule has 0 spiro atoms. The van der Waals surface area contributed by atoms with Crippen LogP contribution in [-0.2, 0) is 14.8 Å². The second kappa shape index (κ2) is 8.18. The minimum atomic E-state index is -3.68. The van der Waals surface area contributed by atoms with E-state index < -0.39 is 16.0 Å². The molecule has 7 nitrogen and oxygen atoms in total. The molecule has 1 fully saturated rings. The second-order valence-electron chi connectivity index (χ2n) is 7.12. The molecule has 0 aromatic heterocycles. The zero-order valence-electron chi connectivity index (χ0n) is 15.4. The van der Waals surface area contributed by atoms with Crippen molar-refractivity contribution in [1.82, 2.24) is 9.21 Å². The van der Waals surface area contributed by atoms with Crippen LogP contribution in [-0.4, -0.2) is 61.3 Å². The first kappa shape index (κ1) is 20.4. The summed E-state index contributed by atoms with van der Waals surface area (Å²) in [4.78, 5) is 25.2. The third-order valence-corrected chi connectivity index (χ3v) is 6.47. The Balaban J connectivity index is 2.02. The quantitative estimate of drug-likeness (QED) is 0.811. The van der Waals surface area contributed by atoms with Crippen molar-refractivity contribution in [2.75, 3.05) is 26.7 Å². The molecule has 1 saturated heterocycles. The van der Waals surface area contributed by atoms with E-state index in [1.165, 1.54) is 28.6 Å². The Bertz CT molecular complexity index is 750. The molecule has 1 aliphatic rings. The molecule has 0 aliphatic carbocycles. The Morgan fingerprint density at radius 3 is 2.19 bits per heavy atom. The number of carboxylic acids is 1. The van der Waals surface area contributed by atoms with Crippen molar-refractivity contribution in [3.63, 3.8) is 0 Å². The van der Waals surface area contributed by atoms with Gasteiger partial charge in [-0.2, -0.15) is 4.31 Å². The minimum absolute atomic E-state index is 0.0430. The highest BCUT2D eigenvalue weighted by atomic mass is 32.2. The molecule has 1 aromatic carbocycles. The SMILES string of the molecule is CC(C)CN(C)C(=O)C1CCN(S(=O)(=O)c2ccc(C(=O)O)cc2)CC1. The normalized spacial score (nSPS) is 16.6. The maximum absolute atomic E-state index is 12.7. The van der Waals surface area contributed by atoms with E-state index in [2.05, 4.69) is 13.8 Å². The van der Waals surface area contributed by atoms with Crippen LogP contribution in [0.5, 0.6) is 0 Å². The number of carbonyl (C=O) groups is 2. The maximum atomic E-state index is 12.7. The van der Waals surface area contributed by atoms with Gasteiger partial charge in [-0.3, -0.25) is 4.79 Å². The van der Waals surface area contributed by atoms with Gasteiger partial charge >= 0.3 is 5.97 Å². The molecule has 144 valence electrons. The van der Waals surface area contributed by atoms with Crippen molar-refractivity contribution in [3.8, 4) is 0 Å². The van der Waals surface area contributed by atoms with Crippen LogP contribution in [0.2, 0.25) is 0 Å². The number of sulfonamides is 1. The summed E-state index contributed by atoms with van der Waals surface area (Å²) < 4.78 is 26.8. The van der Waals surface area contributed by atoms with Crippen molar-refractivity contribution in [1.29, 1.82) is 0 Å². The highest BCUT2D eigenvalue weighted by Gasteiger charge is 2.33. The van der Waals surface area contributed by atoms with Gasteiger partial charge in [-0.1, -0.05) is 13.8 Å². The maximum Gasteiger partial charge on any atom is 0.335 e. The van der Waals surface area contributed by atoms with Gasteiger partial charge in [-0.05, 0) is 43.0 Å². The first-order chi connectivity index (χ1) is 12.1. The summed E-state index contributed by atoms with van der Waals surface area (Å²) in [6.45, 7) is 5.36. The van der Waals surface area contributed by atoms with Crippen molar-refractivity contribution in [3.05, 3.63) is 29.8 Å². The minimum Gasteiger partial charge on any atom is -0.478 e. The average molecular weight is 382 g/mol.